The first-order chi connectivity index (χ1) is 13.9. The molecule has 0 atom stereocenters. The molecule has 1 aromatic carbocycles. The number of thiophene rings is 1. The minimum Gasteiger partial charge on any atom is -0.455 e. The van der Waals surface area contributed by atoms with Crippen LogP contribution < -0.4 is 0 Å². The molecule has 2 heterocycles. The predicted octanol–water partition coefficient (Wildman–Crippen LogP) is 2.35. The number of hydrogen-bond donors (Lipinski definition) is 0. The molecule has 9 heteroatoms. The molecule has 1 aliphatic heterocycles. The molecule has 2 aromatic rings. The number of piperidine rings is 1. The molecule has 7 nitrogen and oxygen atoms in total. The summed E-state index contributed by atoms with van der Waals surface area (Å²) < 4.78 is 31.9. The Bertz CT molecular complexity index is 921. The lowest BCUT2D eigenvalue weighted by Crippen LogP contribution is -2.41. The molecular formula is C20H24N2O5S2. The Hall–Kier alpha value is -2.23. The number of amides is 1. The van der Waals surface area contributed by atoms with Gasteiger partial charge in [0.25, 0.3) is 5.91 Å². The zero-order valence-corrected chi connectivity index (χ0v) is 17.8. The summed E-state index contributed by atoms with van der Waals surface area (Å²) in [6.45, 7) is 0.670. The average Bonchev–Trinajstić information content (AvgIpc) is 3.25. The smallest absolute Gasteiger partial charge is 0.309 e. The maximum Gasteiger partial charge on any atom is 0.309 e. The number of sulfonamides is 1. The molecule has 0 saturated carbocycles. The lowest BCUT2D eigenvalue weighted by molar-refractivity contribution is -0.156. The fourth-order valence-electron chi connectivity index (χ4n) is 3.18. The summed E-state index contributed by atoms with van der Waals surface area (Å²) in [7, 11) is -1.88. The third kappa shape index (κ3) is 5.43. The van der Waals surface area contributed by atoms with Crippen molar-refractivity contribution in [2.24, 2.45) is 5.92 Å². The maximum absolute atomic E-state index is 12.6. The number of rotatable bonds is 7. The number of likely N-dealkylation sites (N-methyl/N-ethyl adjacent to an activating group) is 1. The highest BCUT2D eigenvalue weighted by Crippen LogP contribution is 2.24. The molecule has 1 fully saturated rings. The van der Waals surface area contributed by atoms with Crippen molar-refractivity contribution in [3.63, 3.8) is 0 Å². The highest BCUT2D eigenvalue weighted by atomic mass is 32.2. The van der Waals surface area contributed by atoms with E-state index in [1.165, 1.54) is 9.21 Å². The van der Waals surface area contributed by atoms with Crippen molar-refractivity contribution in [2.75, 3.05) is 26.7 Å². The monoisotopic (exact) mass is 436 g/mol. The van der Waals surface area contributed by atoms with Crippen LogP contribution >= 0.6 is 11.3 Å². The van der Waals surface area contributed by atoms with Crippen LogP contribution in [0.1, 0.15) is 18.4 Å². The Morgan fingerprint density at radius 3 is 2.48 bits per heavy atom. The quantitative estimate of drug-likeness (QED) is 0.622. The molecule has 29 heavy (non-hydrogen) atoms. The van der Waals surface area contributed by atoms with Crippen molar-refractivity contribution in [1.29, 1.82) is 0 Å². The summed E-state index contributed by atoms with van der Waals surface area (Å²) in [6.07, 6.45) is 0.758. The first kappa shape index (κ1) is 21.5. The van der Waals surface area contributed by atoms with Crippen LogP contribution in [-0.2, 0) is 30.9 Å². The third-order valence-electron chi connectivity index (χ3n) is 4.93. The van der Waals surface area contributed by atoms with Crippen molar-refractivity contribution in [2.45, 2.75) is 24.3 Å². The van der Waals surface area contributed by atoms with Gasteiger partial charge in [-0.2, -0.15) is 15.6 Å². The summed E-state index contributed by atoms with van der Waals surface area (Å²) in [5, 5.41) is 3.91. The van der Waals surface area contributed by atoms with Gasteiger partial charge in [0, 0.05) is 26.7 Å². The Morgan fingerprint density at radius 2 is 1.86 bits per heavy atom. The second kappa shape index (κ2) is 9.51. The fourth-order valence-corrected chi connectivity index (χ4v) is 5.33. The van der Waals surface area contributed by atoms with Crippen molar-refractivity contribution in [1.82, 2.24) is 9.21 Å². The van der Waals surface area contributed by atoms with E-state index < -0.39 is 21.9 Å². The van der Waals surface area contributed by atoms with E-state index in [0.29, 0.717) is 19.4 Å². The molecule has 1 aromatic heterocycles. The minimum atomic E-state index is -3.55. The lowest BCUT2D eigenvalue weighted by Gasteiger charge is -2.30. The van der Waals surface area contributed by atoms with Crippen LogP contribution in [0.15, 0.2) is 52.1 Å². The van der Waals surface area contributed by atoms with Crippen molar-refractivity contribution >= 4 is 33.2 Å². The van der Waals surface area contributed by atoms with E-state index >= 15 is 0 Å². The van der Waals surface area contributed by atoms with E-state index in [1.807, 2.05) is 16.8 Å². The molecule has 0 radical (unpaired) electrons. The molecule has 1 saturated heterocycles. The van der Waals surface area contributed by atoms with Crippen LogP contribution in [0.2, 0.25) is 0 Å². The lowest BCUT2D eigenvalue weighted by atomic mass is 9.98. The summed E-state index contributed by atoms with van der Waals surface area (Å²) in [5.41, 5.74) is 1.03. The summed E-state index contributed by atoms with van der Waals surface area (Å²) >= 11 is 1.56. The second-order valence-corrected chi connectivity index (χ2v) is 9.70. The molecule has 3 rings (SSSR count). The predicted molar refractivity (Wildman–Crippen MR) is 110 cm³/mol. The van der Waals surface area contributed by atoms with Gasteiger partial charge < -0.3 is 9.64 Å². The number of benzene rings is 1. The molecule has 0 spiro atoms. The molecule has 0 N–H and O–H groups in total. The molecule has 0 aliphatic carbocycles. The van der Waals surface area contributed by atoms with Gasteiger partial charge in [-0.3, -0.25) is 9.59 Å². The van der Waals surface area contributed by atoms with Gasteiger partial charge in [-0.05, 0) is 47.4 Å². The Morgan fingerprint density at radius 1 is 1.17 bits per heavy atom. The standard InChI is InChI=1S/C20H24N2O5S2/c1-21(13-16-9-12-28-15-16)19(23)14-27-20(24)17-7-10-22(11-8-17)29(25,26)18-5-3-2-4-6-18/h2-6,9,12,15,17H,7-8,10-11,13-14H2,1H3. The highest BCUT2D eigenvalue weighted by Gasteiger charge is 2.33. The van der Waals surface area contributed by atoms with Gasteiger partial charge in [0.05, 0.1) is 10.8 Å². The molecule has 1 amide bonds. The van der Waals surface area contributed by atoms with E-state index in [0.717, 1.165) is 5.56 Å². The fraction of sp³-hybridized carbons (Fsp3) is 0.400. The van der Waals surface area contributed by atoms with Gasteiger partial charge >= 0.3 is 5.97 Å². The largest absolute Gasteiger partial charge is 0.455 e. The van der Waals surface area contributed by atoms with E-state index in [9.17, 15) is 18.0 Å². The number of nitrogens with zero attached hydrogens (tertiary/aromatic N) is 2. The Labute approximate surface area is 174 Å². The van der Waals surface area contributed by atoms with Crippen LogP contribution in [0.3, 0.4) is 0 Å². The van der Waals surface area contributed by atoms with Gasteiger partial charge in [0.2, 0.25) is 10.0 Å². The summed E-state index contributed by atoms with van der Waals surface area (Å²) in [6, 6.07) is 10.2. The topological polar surface area (TPSA) is 84.0 Å². The number of hydrogen-bond acceptors (Lipinski definition) is 6. The van der Waals surface area contributed by atoms with E-state index in [1.54, 1.807) is 48.7 Å². The zero-order chi connectivity index (χ0) is 20.9. The van der Waals surface area contributed by atoms with Crippen molar-refractivity contribution in [3.8, 4) is 0 Å². The molecule has 156 valence electrons. The maximum atomic E-state index is 12.6. The highest BCUT2D eigenvalue weighted by molar-refractivity contribution is 7.89. The van der Waals surface area contributed by atoms with Crippen LogP contribution in [0.5, 0.6) is 0 Å². The number of esters is 1. The average molecular weight is 437 g/mol. The first-order valence-corrected chi connectivity index (χ1v) is 11.7. The van der Waals surface area contributed by atoms with Crippen molar-refractivity contribution < 1.29 is 22.7 Å². The van der Waals surface area contributed by atoms with E-state index in [4.69, 9.17) is 4.74 Å². The number of ether oxygens (including phenoxy) is 1. The van der Waals surface area contributed by atoms with Crippen molar-refractivity contribution in [3.05, 3.63) is 52.7 Å². The SMILES string of the molecule is CN(Cc1ccsc1)C(=O)COC(=O)C1CCN(S(=O)(=O)c2ccccc2)CC1. The van der Waals surface area contributed by atoms with Crippen LogP contribution in [0.4, 0.5) is 0 Å². The van der Waals surface area contributed by atoms with E-state index in [-0.39, 0.29) is 30.5 Å². The summed E-state index contributed by atoms with van der Waals surface area (Å²) in [4.78, 5) is 26.2. The first-order valence-electron chi connectivity index (χ1n) is 9.35. The normalized spacial score (nSPS) is 15.8. The summed E-state index contributed by atoms with van der Waals surface area (Å²) in [5.74, 6) is -1.11. The third-order valence-corrected chi connectivity index (χ3v) is 7.58. The second-order valence-electron chi connectivity index (χ2n) is 6.98. The molecule has 0 unspecified atom stereocenters. The van der Waals surface area contributed by atoms with Gasteiger partial charge in [0.1, 0.15) is 0 Å². The van der Waals surface area contributed by atoms with E-state index in [2.05, 4.69) is 0 Å². The van der Waals surface area contributed by atoms with Crippen LogP contribution in [0, 0.1) is 5.92 Å². The minimum absolute atomic E-state index is 0.250. The number of carbonyl (C=O) groups is 2. The molecule has 0 bridgehead atoms. The van der Waals surface area contributed by atoms with Crippen LogP contribution in [0.25, 0.3) is 0 Å². The van der Waals surface area contributed by atoms with Gasteiger partial charge in [-0.25, -0.2) is 8.42 Å². The molecular weight excluding hydrogens is 412 g/mol. The van der Waals surface area contributed by atoms with Gasteiger partial charge in [0.15, 0.2) is 6.61 Å². The Balaban J connectivity index is 1.46. The Kier molecular flexibility index (Phi) is 7.05. The van der Waals surface area contributed by atoms with Gasteiger partial charge in [-0.1, -0.05) is 18.2 Å². The zero-order valence-electron chi connectivity index (χ0n) is 16.2. The van der Waals surface area contributed by atoms with Gasteiger partial charge in [-0.15, -0.1) is 0 Å². The number of carbonyl (C=O) groups excluding carboxylic acids is 2. The van der Waals surface area contributed by atoms with Crippen LogP contribution in [-0.4, -0.2) is 56.2 Å². The molecule has 1 aliphatic rings.